The molecule has 134 valence electrons. The van der Waals surface area contributed by atoms with E-state index in [-0.39, 0.29) is 0 Å². The molecule has 5 heteroatoms. The average Bonchev–Trinajstić information content (AvgIpc) is 2.84. The highest BCUT2D eigenvalue weighted by Crippen LogP contribution is 2.38. The lowest BCUT2D eigenvalue weighted by atomic mass is 10.0. The molecule has 0 spiro atoms. The van der Waals surface area contributed by atoms with Crippen LogP contribution in [-0.2, 0) is 6.42 Å². The zero-order valence-electron chi connectivity index (χ0n) is 14.8. The third-order valence-corrected chi connectivity index (χ3v) is 5.34. The smallest absolute Gasteiger partial charge is 0.145 e. The van der Waals surface area contributed by atoms with Crippen LogP contribution in [0.25, 0.3) is 16.9 Å². The van der Waals surface area contributed by atoms with Crippen molar-refractivity contribution in [1.29, 1.82) is 0 Å². The largest absolute Gasteiger partial charge is 0.492 e. The molecule has 1 aliphatic rings. The minimum Gasteiger partial charge on any atom is -0.492 e. The molecule has 0 saturated carbocycles. The normalized spacial score (nSPS) is 13.6. The topological polar surface area (TPSA) is 39.1 Å². The third-order valence-electron chi connectivity index (χ3n) is 4.65. The number of benzene rings is 2. The predicted molar refractivity (Wildman–Crippen MR) is 109 cm³/mol. The maximum absolute atomic E-state index is 5.85. The summed E-state index contributed by atoms with van der Waals surface area (Å²) in [6, 6.07) is 16.4. The lowest BCUT2D eigenvalue weighted by Gasteiger charge is -2.13. The van der Waals surface area contributed by atoms with Crippen LogP contribution in [0.5, 0.6) is 5.75 Å². The number of hydrogen-bond donors (Lipinski definition) is 1. The minimum absolute atomic E-state index is 0.630. The molecule has 3 aromatic rings. The molecule has 2 heterocycles. The first kappa shape index (κ1) is 17.2. The van der Waals surface area contributed by atoms with Crippen molar-refractivity contribution >= 4 is 21.7 Å². The van der Waals surface area contributed by atoms with E-state index in [1.165, 1.54) is 5.56 Å². The van der Waals surface area contributed by atoms with Crippen molar-refractivity contribution in [1.82, 2.24) is 9.78 Å². The van der Waals surface area contributed by atoms with Crippen LogP contribution in [0.4, 0.5) is 5.82 Å². The molecule has 0 unspecified atom stereocenters. The Balaban J connectivity index is 1.93. The Morgan fingerprint density at radius 1 is 1.12 bits per heavy atom. The van der Waals surface area contributed by atoms with Crippen LogP contribution in [-0.4, -0.2) is 22.9 Å². The van der Waals surface area contributed by atoms with E-state index in [9.17, 15) is 0 Å². The van der Waals surface area contributed by atoms with Crippen molar-refractivity contribution in [3.63, 3.8) is 0 Å². The summed E-state index contributed by atoms with van der Waals surface area (Å²) < 4.78 is 8.93. The van der Waals surface area contributed by atoms with Gasteiger partial charge in [-0.2, -0.15) is 5.10 Å². The van der Waals surface area contributed by atoms with Gasteiger partial charge in [0.05, 0.1) is 12.3 Å². The van der Waals surface area contributed by atoms with Gasteiger partial charge in [0.1, 0.15) is 17.3 Å². The molecule has 1 aromatic heterocycles. The first-order valence-electron chi connectivity index (χ1n) is 9.12. The molecule has 0 aliphatic carbocycles. The van der Waals surface area contributed by atoms with Crippen molar-refractivity contribution in [2.45, 2.75) is 26.2 Å². The second kappa shape index (κ2) is 7.54. The predicted octanol–water partition coefficient (Wildman–Crippen LogP) is 5.45. The molecule has 1 aliphatic heterocycles. The van der Waals surface area contributed by atoms with Crippen molar-refractivity contribution in [3.8, 4) is 22.7 Å². The van der Waals surface area contributed by atoms with Gasteiger partial charge in [-0.3, -0.25) is 0 Å². The highest BCUT2D eigenvalue weighted by molar-refractivity contribution is 9.10. The number of anilines is 1. The summed E-state index contributed by atoms with van der Waals surface area (Å²) in [5, 5.41) is 8.62. The zero-order chi connectivity index (χ0) is 17.9. The second-order valence-corrected chi connectivity index (χ2v) is 7.21. The van der Waals surface area contributed by atoms with E-state index in [4.69, 9.17) is 9.84 Å². The fraction of sp³-hybridized carbons (Fsp3) is 0.286. The van der Waals surface area contributed by atoms with Crippen molar-refractivity contribution in [2.24, 2.45) is 0 Å². The first-order valence-corrected chi connectivity index (χ1v) is 9.91. The Bertz CT molecular complexity index is 919. The number of ether oxygens (including phenoxy) is 1. The average molecular weight is 412 g/mol. The van der Waals surface area contributed by atoms with E-state index < -0.39 is 0 Å². The van der Waals surface area contributed by atoms with Crippen LogP contribution in [0.3, 0.4) is 0 Å². The van der Waals surface area contributed by atoms with Crippen LogP contribution in [0.1, 0.15) is 25.3 Å². The van der Waals surface area contributed by atoms with Gasteiger partial charge >= 0.3 is 0 Å². The molecule has 0 radical (unpaired) electrons. The molecule has 2 aromatic carbocycles. The molecular formula is C21H22BrN3O. The molecule has 0 atom stereocenters. The number of rotatable bonds is 4. The zero-order valence-corrected chi connectivity index (χ0v) is 16.4. The summed E-state index contributed by atoms with van der Waals surface area (Å²) in [5.74, 6) is 1.94. The van der Waals surface area contributed by atoms with E-state index in [1.807, 2.05) is 35.9 Å². The minimum atomic E-state index is 0.630. The molecule has 0 bridgehead atoms. The summed E-state index contributed by atoms with van der Waals surface area (Å²) in [5.41, 5.74) is 4.41. The van der Waals surface area contributed by atoms with Crippen molar-refractivity contribution in [2.75, 3.05) is 18.5 Å². The van der Waals surface area contributed by atoms with Gasteiger partial charge in [0.2, 0.25) is 0 Å². The number of fused-ring (bicyclic) bond motifs is 1. The number of halogens is 1. The lowest BCUT2D eigenvalue weighted by molar-refractivity contribution is 0.338. The molecular weight excluding hydrogens is 390 g/mol. The van der Waals surface area contributed by atoms with Crippen LogP contribution in [0, 0.1) is 0 Å². The standard InChI is InChI=1S/C21H22BrN3O/c1-2-26-19-13-6-5-12-18(19)25-21-16(10-7-8-14-23-21)20(24-25)15-9-3-4-11-17(15)22/h3-6,9,11-13,23H,2,7-8,10,14H2,1H3. The Kier molecular flexibility index (Phi) is 4.98. The Morgan fingerprint density at radius 2 is 1.92 bits per heavy atom. The summed E-state index contributed by atoms with van der Waals surface area (Å²) in [4.78, 5) is 0. The van der Waals surface area contributed by atoms with Gasteiger partial charge in [-0.1, -0.05) is 46.3 Å². The molecule has 0 amide bonds. The molecule has 4 nitrogen and oxygen atoms in total. The highest BCUT2D eigenvalue weighted by atomic mass is 79.9. The highest BCUT2D eigenvalue weighted by Gasteiger charge is 2.23. The van der Waals surface area contributed by atoms with Crippen LogP contribution in [0.15, 0.2) is 53.0 Å². The van der Waals surface area contributed by atoms with Crippen molar-refractivity contribution < 1.29 is 4.74 Å². The van der Waals surface area contributed by atoms with Gasteiger partial charge in [-0.05, 0) is 44.4 Å². The first-order chi connectivity index (χ1) is 12.8. The molecule has 0 fully saturated rings. The third kappa shape index (κ3) is 3.12. The van der Waals surface area contributed by atoms with Crippen LogP contribution < -0.4 is 10.1 Å². The van der Waals surface area contributed by atoms with E-state index in [2.05, 4.69) is 45.5 Å². The van der Waals surface area contributed by atoms with Gasteiger partial charge in [0.25, 0.3) is 0 Å². The summed E-state index contributed by atoms with van der Waals surface area (Å²) in [6.45, 7) is 3.60. The quantitative estimate of drug-likeness (QED) is 0.620. The Hall–Kier alpha value is -2.27. The number of nitrogens with one attached hydrogen (secondary N) is 1. The van der Waals surface area contributed by atoms with Crippen LogP contribution >= 0.6 is 15.9 Å². The van der Waals surface area contributed by atoms with Gasteiger partial charge in [-0.15, -0.1) is 0 Å². The van der Waals surface area contributed by atoms with Crippen LogP contribution in [0.2, 0.25) is 0 Å². The van der Waals surface area contributed by atoms with Gasteiger partial charge < -0.3 is 10.1 Å². The van der Waals surface area contributed by atoms with E-state index >= 15 is 0 Å². The molecule has 4 rings (SSSR count). The Labute approximate surface area is 162 Å². The maximum atomic E-state index is 5.85. The summed E-state index contributed by atoms with van der Waals surface area (Å²) >= 11 is 3.69. The SMILES string of the molecule is CCOc1ccccc1-n1nc(-c2ccccc2Br)c2c1NCCCC2. The molecule has 1 N–H and O–H groups in total. The molecule has 26 heavy (non-hydrogen) atoms. The molecule has 0 saturated heterocycles. The maximum Gasteiger partial charge on any atom is 0.145 e. The lowest BCUT2D eigenvalue weighted by Crippen LogP contribution is -2.08. The van der Waals surface area contributed by atoms with Crippen molar-refractivity contribution in [3.05, 3.63) is 58.6 Å². The van der Waals surface area contributed by atoms with Gasteiger partial charge in [0.15, 0.2) is 0 Å². The Morgan fingerprint density at radius 3 is 2.77 bits per heavy atom. The number of para-hydroxylation sites is 2. The fourth-order valence-corrected chi connectivity index (χ4v) is 3.93. The number of hydrogen-bond acceptors (Lipinski definition) is 3. The van der Waals surface area contributed by atoms with E-state index in [0.29, 0.717) is 6.61 Å². The van der Waals surface area contributed by atoms with E-state index in [0.717, 1.165) is 58.8 Å². The number of nitrogens with zero attached hydrogens (tertiary/aromatic N) is 2. The summed E-state index contributed by atoms with van der Waals surface area (Å²) in [7, 11) is 0. The summed E-state index contributed by atoms with van der Waals surface area (Å²) in [6.07, 6.45) is 3.35. The van der Waals surface area contributed by atoms with E-state index in [1.54, 1.807) is 0 Å². The van der Waals surface area contributed by atoms with Gasteiger partial charge in [-0.25, -0.2) is 4.68 Å². The number of aromatic nitrogens is 2. The fourth-order valence-electron chi connectivity index (χ4n) is 3.46. The monoisotopic (exact) mass is 411 g/mol. The second-order valence-electron chi connectivity index (χ2n) is 6.35. The van der Waals surface area contributed by atoms with Gasteiger partial charge in [0, 0.05) is 22.1 Å².